The molecule has 26 heavy (non-hydrogen) atoms. The molecule has 138 valence electrons. The van der Waals surface area contributed by atoms with Gasteiger partial charge in [0.25, 0.3) is 0 Å². The molecule has 1 aliphatic carbocycles. The summed E-state index contributed by atoms with van der Waals surface area (Å²) >= 11 is 0. The minimum Gasteiger partial charge on any atom is -0.490 e. The number of rotatable bonds is 6. The first kappa shape index (κ1) is 18.2. The van der Waals surface area contributed by atoms with E-state index >= 15 is 0 Å². The minimum atomic E-state index is -4.73. The van der Waals surface area contributed by atoms with Gasteiger partial charge in [-0.15, -0.1) is 13.2 Å². The lowest BCUT2D eigenvalue weighted by molar-refractivity contribution is -0.274. The van der Waals surface area contributed by atoms with Gasteiger partial charge in [0.15, 0.2) is 0 Å². The number of benzene rings is 2. The third kappa shape index (κ3) is 4.71. The van der Waals surface area contributed by atoms with Crippen molar-refractivity contribution in [3.8, 4) is 11.5 Å². The van der Waals surface area contributed by atoms with E-state index in [-0.39, 0.29) is 18.0 Å². The first-order valence-corrected chi connectivity index (χ1v) is 8.24. The van der Waals surface area contributed by atoms with Crippen LogP contribution in [0.1, 0.15) is 24.0 Å². The fraction of sp³-hybridized carbons (Fsp3) is 0.300. The number of ether oxygens (including phenoxy) is 3. The maximum atomic E-state index is 12.4. The van der Waals surface area contributed by atoms with Gasteiger partial charge in [-0.25, -0.2) is 0 Å². The first-order valence-electron chi connectivity index (χ1n) is 8.24. The average molecular weight is 364 g/mol. The number of aryl methyl sites for hydroxylation is 1. The minimum absolute atomic E-state index is 0.0101. The van der Waals surface area contributed by atoms with Gasteiger partial charge in [-0.2, -0.15) is 0 Å². The molecule has 0 atom stereocenters. The Balaban J connectivity index is 1.51. The highest BCUT2D eigenvalue weighted by atomic mass is 19.4. The number of hydrogen-bond acceptors (Lipinski definition) is 3. The van der Waals surface area contributed by atoms with Crippen LogP contribution in [0.15, 0.2) is 55.1 Å². The lowest BCUT2D eigenvalue weighted by Gasteiger charge is -2.36. The van der Waals surface area contributed by atoms with Crippen molar-refractivity contribution in [2.45, 2.75) is 38.3 Å². The van der Waals surface area contributed by atoms with E-state index in [0.717, 1.165) is 5.56 Å². The summed E-state index contributed by atoms with van der Waals surface area (Å²) in [6.07, 6.45) is -3.55. The second-order valence-corrected chi connectivity index (χ2v) is 6.22. The van der Waals surface area contributed by atoms with E-state index in [1.54, 1.807) is 19.1 Å². The third-order valence-corrected chi connectivity index (χ3v) is 4.14. The van der Waals surface area contributed by atoms with Crippen molar-refractivity contribution >= 4 is 5.76 Å². The Bertz CT molecular complexity index is 766. The van der Waals surface area contributed by atoms with E-state index in [1.807, 2.05) is 30.3 Å². The lowest BCUT2D eigenvalue weighted by atomic mass is 9.91. The monoisotopic (exact) mass is 364 g/mol. The van der Waals surface area contributed by atoms with E-state index in [1.165, 1.54) is 6.07 Å². The molecule has 0 N–H and O–H groups in total. The second-order valence-electron chi connectivity index (χ2n) is 6.22. The maximum absolute atomic E-state index is 12.4. The largest absolute Gasteiger partial charge is 0.573 e. The van der Waals surface area contributed by atoms with Gasteiger partial charge in [0.2, 0.25) is 0 Å². The molecule has 0 radical (unpaired) electrons. The van der Waals surface area contributed by atoms with Crippen LogP contribution < -0.4 is 9.47 Å². The summed E-state index contributed by atoms with van der Waals surface area (Å²) in [6.45, 7) is 5.47. The quantitative estimate of drug-likeness (QED) is 0.634. The standard InChI is InChI=1S/C20H19F3O3/c1-13-8-9-16(12-19(13)26-20(21,22)23)25-18-10-17(11-18)24-14(2)15-6-4-3-5-7-15/h3-9,12,17-18H,2,10-11H2,1H3/t17-,18+. The molecule has 1 aliphatic rings. The van der Waals surface area contributed by atoms with Gasteiger partial charge in [0, 0.05) is 24.5 Å². The fourth-order valence-corrected chi connectivity index (χ4v) is 2.68. The van der Waals surface area contributed by atoms with Crippen molar-refractivity contribution in [3.05, 3.63) is 66.2 Å². The molecule has 0 aliphatic heterocycles. The van der Waals surface area contributed by atoms with Crippen molar-refractivity contribution in [3.63, 3.8) is 0 Å². The molecule has 0 amide bonds. The molecule has 0 spiro atoms. The Morgan fingerprint density at radius 3 is 2.38 bits per heavy atom. The average Bonchev–Trinajstić information content (AvgIpc) is 2.55. The van der Waals surface area contributed by atoms with Crippen LogP contribution in [0.2, 0.25) is 0 Å². The summed E-state index contributed by atoms with van der Waals surface area (Å²) in [6, 6.07) is 14.0. The molecule has 3 nitrogen and oxygen atoms in total. The molecule has 0 bridgehead atoms. The first-order chi connectivity index (χ1) is 12.3. The predicted octanol–water partition coefficient (Wildman–Crippen LogP) is 5.49. The number of halogens is 3. The highest BCUT2D eigenvalue weighted by Crippen LogP contribution is 2.34. The molecule has 3 rings (SSSR count). The highest BCUT2D eigenvalue weighted by Gasteiger charge is 2.34. The van der Waals surface area contributed by atoms with Crippen molar-refractivity contribution in [2.24, 2.45) is 0 Å². The van der Waals surface area contributed by atoms with E-state index in [0.29, 0.717) is 29.9 Å². The van der Waals surface area contributed by atoms with Crippen LogP contribution in [0.25, 0.3) is 5.76 Å². The summed E-state index contributed by atoms with van der Waals surface area (Å²) in [5.74, 6) is 0.699. The van der Waals surface area contributed by atoms with E-state index in [4.69, 9.17) is 9.47 Å². The molecule has 6 heteroatoms. The van der Waals surface area contributed by atoms with Crippen LogP contribution in [0.4, 0.5) is 13.2 Å². The van der Waals surface area contributed by atoms with Gasteiger partial charge in [0.1, 0.15) is 29.5 Å². The molecule has 1 fully saturated rings. The zero-order valence-electron chi connectivity index (χ0n) is 14.3. The highest BCUT2D eigenvalue weighted by molar-refractivity contribution is 5.57. The van der Waals surface area contributed by atoms with E-state index in [2.05, 4.69) is 11.3 Å². The second kappa shape index (κ2) is 7.32. The van der Waals surface area contributed by atoms with Gasteiger partial charge in [-0.05, 0) is 18.6 Å². The van der Waals surface area contributed by atoms with Crippen LogP contribution in [0, 0.1) is 6.92 Å². The zero-order chi connectivity index (χ0) is 18.7. The summed E-state index contributed by atoms with van der Waals surface area (Å²) in [7, 11) is 0. The Hall–Kier alpha value is -2.63. The molecule has 2 aromatic carbocycles. The smallest absolute Gasteiger partial charge is 0.490 e. The van der Waals surface area contributed by atoms with Crippen molar-refractivity contribution in [1.82, 2.24) is 0 Å². The van der Waals surface area contributed by atoms with Crippen molar-refractivity contribution in [1.29, 1.82) is 0 Å². The molecule has 0 heterocycles. The van der Waals surface area contributed by atoms with Gasteiger partial charge in [-0.1, -0.05) is 43.0 Å². The molecule has 1 saturated carbocycles. The molecule has 2 aromatic rings. The van der Waals surface area contributed by atoms with Crippen LogP contribution in [0.5, 0.6) is 11.5 Å². The van der Waals surface area contributed by atoms with Gasteiger partial charge < -0.3 is 14.2 Å². The van der Waals surface area contributed by atoms with Crippen LogP contribution in [-0.2, 0) is 4.74 Å². The normalized spacial score (nSPS) is 19.4. The van der Waals surface area contributed by atoms with Gasteiger partial charge in [-0.3, -0.25) is 0 Å². The lowest BCUT2D eigenvalue weighted by Crippen LogP contribution is -2.39. The summed E-state index contributed by atoms with van der Waals surface area (Å²) in [5.41, 5.74) is 1.31. The Labute approximate surface area is 150 Å². The fourth-order valence-electron chi connectivity index (χ4n) is 2.68. The molecular formula is C20H19F3O3. The van der Waals surface area contributed by atoms with E-state index in [9.17, 15) is 13.2 Å². The molecule has 0 aromatic heterocycles. The third-order valence-electron chi connectivity index (χ3n) is 4.14. The zero-order valence-corrected chi connectivity index (χ0v) is 14.3. The SMILES string of the molecule is C=C(O[C@H]1C[C@@H](Oc2ccc(C)c(OC(F)(F)F)c2)C1)c1ccccc1. The van der Waals surface area contributed by atoms with Crippen LogP contribution in [-0.4, -0.2) is 18.6 Å². The van der Waals surface area contributed by atoms with Crippen molar-refractivity contribution < 1.29 is 27.4 Å². The van der Waals surface area contributed by atoms with Gasteiger partial charge >= 0.3 is 6.36 Å². The molecular weight excluding hydrogens is 345 g/mol. The Kier molecular flexibility index (Phi) is 5.11. The van der Waals surface area contributed by atoms with Crippen molar-refractivity contribution in [2.75, 3.05) is 0 Å². The summed E-state index contributed by atoms with van der Waals surface area (Å²) < 4.78 is 52.8. The van der Waals surface area contributed by atoms with Crippen LogP contribution in [0.3, 0.4) is 0 Å². The summed E-state index contributed by atoms with van der Waals surface area (Å²) in [4.78, 5) is 0. The topological polar surface area (TPSA) is 27.7 Å². The molecule has 0 saturated heterocycles. The maximum Gasteiger partial charge on any atom is 0.573 e. The van der Waals surface area contributed by atoms with E-state index < -0.39 is 6.36 Å². The number of hydrogen-bond donors (Lipinski definition) is 0. The summed E-state index contributed by atoms with van der Waals surface area (Å²) in [5, 5.41) is 0. The molecule has 0 unspecified atom stereocenters. The Morgan fingerprint density at radius 2 is 1.73 bits per heavy atom. The predicted molar refractivity (Wildman–Crippen MR) is 91.9 cm³/mol. The van der Waals surface area contributed by atoms with Gasteiger partial charge in [0.05, 0.1) is 0 Å². The number of alkyl halides is 3. The Morgan fingerprint density at radius 1 is 1.04 bits per heavy atom. The van der Waals surface area contributed by atoms with Crippen LogP contribution >= 0.6 is 0 Å².